The topological polar surface area (TPSA) is 107 Å². The number of sulfonamides is 2. The number of piperidine rings is 2. The van der Waals surface area contributed by atoms with Gasteiger partial charge in [0.05, 0.1) is 21.2 Å². The van der Waals surface area contributed by atoms with Gasteiger partial charge in [0.15, 0.2) is 0 Å². The number of carbonyl (C=O) groups excluding carboxylic acids is 1. The van der Waals surface area contributed by atoms with Crippen molar-refractivity contribution >= 4 is 54.8 Å². The molecule has 4 rings (SSSR count). The largest absolute Gasteiger partial charge is 0.312 e. The maximum atomic E-state index is 13.7. The van der Waals surface area contributed by atoms with Crippen molar-refractivity contribution in [1.82, 2.24) is 13.9 Å². The van der Waals surface area contributed by atoms with Crippen molar-refractivity contribution in [3.8, 4) is 0 Å². The van der Waals surface area contributed by atoms with Crippen LogP contribution in [0, 0.1) is 11.8 Å². The molecule has 0 aliphatic carbocycles. The number of hydrogen-bond donors (Lipinski definition) is 1. The average Bonchev–Trinajstić information content (AvgIpc) is 2.96. The van der Waals surface area contributed by atoms with Crippen LogP contribution in [0.1, 0.15) is 58.4 Å². The van der Waals surface area contributed by atoms with Gasteiger partial charge < -0.3 is 9.80 Å². The van der Waals surface area contributed by atoms with Gasteiger partial charge in [-0.1, -0.05) is 35.3 Å². The monoisotopic (exact) mass is 700 g/mol. The van der Waals surface area contributed by atoms with E-state index in [1.807, 2.05) is 39.0 Å². The fraction of sp³-hybridized carbons (Fsp3) is 0.594. The molecule has 2 aliphatic heterocycles. The molecule has 2 fully saturated rings. The van der Waals surface area contributed by atoms with Crippen molar-refractivity contribution < 1.29 is 21.6 Å². The van der Waals surface area contributed by atoms with E-state index in [0.717, 1.165) is 50.9 Å². The molecule has 1 amide bonds. The van der Waals surface area contributed by atoms with Gasteiger partial charge in [0.1, 0.15) is 0 Å². The van der Waals surface area contributed by atoms with Crippen molar-refractivity contribution in [3.05, 3.63) is 58.1 Å². The molecule has 0 bridgehead atoms. The summed E-state index contributed by atoms with van der Waals surface area (Å²) in [4.78, 5) is 18.2. The number of carbonyl (C=O) groups is 1. The predicted octanol–water partition coefficient (Wildman–Crippen LogP) is 5.42. The van der Waals surface area contributed by atoms with Crippen molar-refractivity contribution in [1.29, 1.82) is 0 Å². The van der Waals surface area contributed by atoms with Gasteiger partial charge in [-0.3, -0.25) is 4.79 Å². The van der Waals surface area contributed by atoms with Gasteiger partial charge in [0.2, 0.25) is 26.0 Å². The van der Waals surface area contributed by atoms with Crippen molar-refractivity contribution in [2.45, 2.75) is 69.7 Å². The molecule has 1 N–H and O–H groups in total. The number of amides is 1. The minimum atomic E-state index is -3.55. The van der Waals surface area contributed by atoms with E-state index < -0.39 is 25.6 Å². The first kappa shape index (κ1) is 36.1. The third kappa shape index (κ3) is 10.4. The van der Waals surface area contributed by atoms with Crippen LogP contribution in [-0.2, 0) is 31.3 Å². The van der Waals surface area contributed by atoms with Crippen LogP contribution in [-0.4, -0.2) is 83.0 Å². The van der Waals surface area contributed by atoms with Crippen LogP contribution in [0.4, 0.5) is 5.69 Å². The number of likely N-dealkylation sites (tertiary alicyclic amines) is 1. The second-order valence-electron chi connectivity index (χ2n) is 13.4. The Morgan fingerprint density at radius 2 is 1.53 bits per heavy atom. The van der Waals surface area contributed by atoms with Crippen molar-refractivity contribution in [2.24, 2.45) is 11.8 Å². The lowest BCUT2D eigenvalue weighted by Gasteiger charge is -2.35. The number of nitrogens with one attached hydrogen (secondary N) is 1. The molecule has 2 aliphatic rings. The van der Waals surface area contributed by atoms with E-state index in [2.05, 4.69) is 9.62 Å². The standard InChI is InChI=1S/C32H46Cl2N4O5S2/c1-32(2,3)35-45(42,43)28-9-6-24(7-10-28)22-25-12-18-36(19-13-25)16-5-17-38(27-8-11-29(33)30(34)23-27)31(39)26-14-20-37(21-15-26)44(4,40)41/h6-11,23,25-26,35H,5,12-22H2,1-4H3. The highest BCUT2D eigenvalue weighted by Crippen LogP contribution is 2.30. The van der Waals surface area contributed by atoms with Crippen molar-refractivity contribution in [2.75, 3.05) is 50.4 Å². The summed E-state index contributed by atoms with van der Waals surface area (Å²) in [5.41, 5.74) is 1.30. The number of halogens is 2. The molecule has 2 aromatic carbocycles. The zero-order valence-electron chi connectivity index (χ0n) is 26.6. The summed E-state index contributed by atoms with van der Waals surface area (Å²) in [6.45, 7) is 9.49. The Morgan fingerprint density at radius 1 is 0.911 bits per heavy atom. The first-order chi connectivity index (χ1) is 21.0. The smallest absolute Gasteiger partial charge is 0.241 e. The molecule has 13 heteroatoms. The Hall–Kier alpha value is -1.73. The molecule has 2 saturated heterocycles. The second-order valence-corrected chi connectivity index (χ2v) is 17.8. The third-order valence-electron chi connectivity index (χ3n) is 8.51. The molecule has 45 heavy (non-hydrogen) atoms. The molecular formula is C32H46Cl2N4O5S2. The van der Waals surface area contributed by atoms with Crippen LogP contribution >= 0.6 is 23.2 Å². The minimum Gasteiger partial charge on any atom is -0.312 e. The lowest BCUT2D eigenvalue weighted by molar-refractivity contribution is -0.123. The lowest BCUT2D eigenvalue weighted by Crippen LogP contribution is -2.45. The first-order valence-corrected chi connectivity index (χ1v) is 19.7. The third-order valence-corrected chi connectivity index (χ3v) is 12.3. The van der Waals surface area contributed by atoms with Crippen LogP contribution in [0.15, 0.2) is 47.4 Å². The molecule has 0 atom stereocenters. The van der Waals surface area contributed by atoms with Gasteiger partial charge in [-0.05, 0) is 121 Å². The minimum absolute atomic E-state index is 0.00625. The lowest BCUT2D eigenvalue weighted by atomic mass is 9.90. The zero-order chi connectivity index (χ0) is 33.0. The fourth-order valence-electron chi connectivity index (χ4n) is 6.14. The molecular weight excluding hydrogens is 655 g/mol. The maximum Gasteiger partial charge on any atom is 0.241 e. The molecule has 0 spiro atoms. The van der Waals surface area contributed by atoms with Gasteiger partial charge in [0.25, 0.3) is 0 Å². The number of benzene rings is 2. The van der Waals surface area contributed by atoms with Crippen LogP contribution in [0.3, 0.4) is 0 Å². The Bertz CT molecular complexity index is 1530. The van der Waals surface area contributed by atoms with E-state index in [1.165, 1.54) is 10.6 Å². The normalized spacial score (nSPS) is 18.3. The number of nitrogens with zero attached hydrogens (tertiary/aromatic N) is 3. The van der Waals surface area contributed by atoms with Crippen LogP contribution in [0.5, 0.6) is 0 Å². The van der Waals surface area contributed by atoms with Crippen LogP contribution < -0.4 is 9.62 Å². The summed E-state index contributed by atoms with van der Waals surface area (Å²) in [5, 5.41) is 0.814. The van der Waals surface area contributed by atoms with E-state index in [1.54, 1.807) is 29.2 Å². The number of hydrogen-bond acceptors (Lipinski definition) is 6. The Labute approximate surface area is 279 Å². The van der Waals surface area contributed by atoms with E-state index in [4.69, 9.17) is 23.2 Å². The van der Waals surface area contributed by atoms with Gasteiger partial charge in [-0.2, -0.15) is 0 Å². The van der Waals surface area contributed by atoms with Gasteiger partial charge in [0, 0.05) is 36.8 Å². The molecule has 9 nitrogen and oxygen atoms in total. The second kappa shape index (κ2) is 15.0. The maximum absolute atomic E-state index is 13.7. The Balaban J connectivity index is 1.29. The average molecular weight is 702 g/mol. The molecule has 0 aromatic heterocycles. The Kier molecular flexibility index (Phi) is 12.0. The summed E-state index contributed by atoms with van der Waals surface area (Å²) in [5.74, 6) is 0.272. The molecule has 0 saturated carbocycles. The highest BCUT2D eigenvalue weighted by atomic mass is 35.5. The quantitative estimate of drug-likeness (QED) is 0.336. The summed E-state index contributed by atoms with van der Waals surface area (Å²) < 4.78 is 53.3. The van der Waals surface area contributed by atoms with Crippen LogP contribution in [0.25, 0.3) is 0 Å². The SMILES string of the molecule is CC(C)(C)NS(=O)(=O)c1ccc(CC2CCN(CCCN(C(=O)C3CCN(S(C)(=O)=O)CC3)c3ccc(Cl)c(Cl)c3)CC2)cc1. The van der Waals surface area contributed by atoms with Gasteiger partial charge in [-0.15, -0.1) is 0 Å². The van der Waals surface area contributed by atoms with E-state index in [9.17, 15) is 21.6 Å². The molecule has 250 valence electrons. The zero-order valence-corrected chi connectivity index (χ0v) is 29.8. The number of rotatable bonds is 11. The van der Waals surface area contributed by atoms with E-state index in [0.29, 0.717) is 54.1 Å². The first-order valence-electron chi connectivity index (χ1n) is 15.6. The molecule has 2 aromatic rings. The van der Waals surface area contributed by atoms with Crippen LogP contribution in [0.2, 0.25) is 10.0 Å². The van der Waals surface area contributed by atoms with Crippen molar-refractivity contribution in [3.63, 3.8) is 0 Å². The fourth-order valence-corrected chi connectivity index (χ4v) is 8.73. The summed E-state index contributed by atoms with van der Waals surface area (Å²) >= 11 is 12.5. The summed E-state index contributed by atoms with van der Waals surface area (Å²) in [7, 11) is -6.82. The highest BCUT2D eigenvalue weighted by molar-refractivity contribution is 7.89. The number of anilines is 1. The molecule has 2 heterocycles. The van der Waals surface area contributed by atoms with Gasteiger partial charge in [-0.25, -0.2) is 25.9 Å². The molecule has 0 radical (unpaired) electrons. The van der Waals surface area contributed by atoms with E-state index >= 15 is 0 Å². The summed E-state index contributed by atoms with van der Waals surface area (Å²) in [6, 6.07) is 12.5. The highest BCUT2D eigenvalue weighted by Gasteiger charge is 2.32. The Morgan fingerprint density at radius 3 is 2.09 bits per heavy atom. The van der Waals surface area contributed by atoms with E-state index in [-0.39, 0.29) is 16.7 Å². The summed E-state index contributed by atoms with van der Waals surface area (Å²) in [6.07, 6.45) is 6.00. The molecule has 0 unspecified atom stereocenters. The predicted molar refractivity (Wildman–Crippen MR) is 182 cm³/mol. The van der Waals surface area contributed by atoms with Gasteiger partial charge >= 0.3 is 0 Å².